The molecule has 0 saturated carbocycles. The summed E-state index contributed by atoms with van der Waals surface area (Å²) < 4.78 is 0. The standard InChI is InChI=1S/C8H8.C7H8O2/c1-2-8-6-4-3-5-7-8;1-5-4-6(8)2-3-7(5)9/h2-7H,1H2;2-4,8-9H,1H3. The summed E-state index contributed by atoms with van der Waals surface area (Å²) in [6, 6.07) is 14.4. The quantitative estimate of drug-likeness (QED) is 0.730. The molecule has 0 unspecified atom stereocenters. The van der Waals surface area contributed by atoms with Gasteiger partial charge in [0, 0.05) is 0 Å². The van der Waals surface area contributed by atoms with E-state index in [2.05, 4.69) is 6.58 Å². The average molecular weight is 228 g/mol. The molecule has 0 amide bonds. The zero-order valence-corrected chi connectivity index (χ0v) is 9.80. The number of hydrogen-bond acceptors (Lipinski definition) is 2. The summed E-state index contributed by atoms with van der Waals surface area (Å²) in [5.74, 6) is 0.401. The van der Waals surface area contributed by atoms with Crippen LogP contribution in [0.3, 0.4) is 0 Å². The fourth-order valence-corrected chi connectivity index (χ4v) is 1.23. The molecule has 0 fully saturated rings. The second kappa shape index (κ2) is 6.38. The minimum Gasteiger partial charge on any atom is -0.508 e. The molecule has 0 aliphatic rings. The SMILES string of the molecule is C=Cc1ccccc1.Cc1cc(O)ccc1O. The van der Waals surface area contributed by atoms with Crippen LogP contribution in [0.2, 0.25) is 0 Å². The zero-order valence-electron chi connectivity index (χ0n) is 9.80. The van der Waals surface area contributed by atoms with Crippen molar-refractivity contribution in [3.05, 3.63) is 66.2 Å². The Kier molecular flexibility index (Phi) is 4.82. The summed E-state index contributed by atoms with van der Waals surface area (Å²) in [6.45, 7) is 5.36. The van der Waals surface area contributed by atoms with Crippen LogP contribution in [0, 0.1) is 6.92 Å². The molecule has 0 aliphatic heterocycles. The van der Waals surface area contributed by atoms with Crippen molar-refractivity contribution in [2.45, 2.75) is 6.92 Å². The van der Waals surface area contributed by atoms with Gasteiger partial charge in [-0.2, -0.15) is 0 Å². The van der Waals surface area contributed by atoms with Gasteiger partial charge in [0.15, 0.2) is 0 Å². The highest BCUT2D eigenvalue weighted by Crippen LogP contribution is 2.19. The van der Waals surface area contributed by atoms with Crippen LogP contribution in [0.4, 0.5) is 0 Å². The van der Waals surface area contributed by atoms with Gasteiger partial charge in [0.25, 0.3) is 0 Å². The normalized spacial score (nSPS) is 9.00. The van der Waals surface area contributed by atoms with Gasteiger partial charge in [-0.05, 0) is 36.2 Å². The molecular formula is C15H16O2. The molecule has 2 nitrogen and oxygen atoms in total. The maximum absolute atomic E-state index is 8.93. The van der Waals surface area contributed by atoms with E-state index < -0.39 is 0 Å². The Balaban J connectivity index is 0.000000171. The van der Waals surface area contributed by atoms with Crippen molar-refractivity contribution >= 4 is 6.08 Å². The van der Waals surface area contributed by atoms with E-state index in [1.54, 1.807) is 6.92 Å². The Labute approximate surface area is 101 Å². The van der Waals surface area contributed by atoms with E-state index >= 15 is 0 Å². The highest BCUT2D eigenvalue weighted by Gasteiger charge is 1.93. The Morgan fingerprint density at radius 3 is 2.06 bits per heavy atom. The zero-order chi connectivity index (χ0) is 12.7. The van der Waals surface area contributed by atoms with Crippen molar-refractivity contribution < 1.29 is 10.2 Å². The minimum absolute atomic E-state index is 0.185. The lowest BCUT2D eigenvalue weighted by Gasteiger charge is -1.96. The highest BCUT2D eigenvalue weighted by molar-refractivity contribution is 5.45. The average Bonchev–Trinajstić information content (AvgIpc) is 2.36. The molecule has 17 heavy (non-hydrogen) atoms. The van der Waals surface area contributed by atoms with Gasteiger partial charge in [-0.15, -0.1) is 0 Å². The lowest BCUT2D eigenvalue weighted by Crippen LogP contribution is -1.71. The summed E-state index contributed by atoms with van der Waals surface area (Å²) in [6.07, 6.45) is 1.83. The van der Waals surface area contributed by atoms with E-state index in [-0.39, 0.29) is 11.5 Å². The van der Waals surface area contributed by atoms with Crippen LogP contribution in [-0.2, 0) is 0 Å². The third-order valence-electron chi connectivity index (χ3n) is 2.22. The Bertz CT molecular complexity index is 476. The number of aryl methyl sites for hydroxylation is 1. The number of hydrogen-bond donors (Lipinski definition) is 2. The van der Waals surface area contributed by atoms with Gasteiger partial charge in [0.2, 0.25) is 0 Å². The monoisotopic (exact) mass is 228 g/mol. The predicted octanol–water partition coefficient (Wildman–Crippen LogP) is 3.74. The maximum atomic E-state index is 8.93. The number of rotatable bonds is 1. The summed E-state index contributed by atoms with van der Waals surface area (Å²) in [5, 5.41) is 17.8. The first kappa shape index (κ1) is 12.8. The van der Waals surface area contributed by atoms with Gasteiger partial charge in [-0.25, -0.2) is 0 Å². The highest BCUT2D eigenvalue weighted by atomic mass is 16.3. The molecule has 0 heterocycles. The first-order chi connectivity index (χ1) is 8.13. The van der Waals surface area contributed by atoms with Gasteiger partial charge < -0.3 is 10.2 Å². The van der Waals surface area contributed by atoms with E-state index in [0.717, 1.165) is 0 Å². The molecule has 0 aromatic heterocycles. The summed E-state index contributed by atoms with van der Waals surface area (Å²) in [4.78, 5) is 0. The number of aromatic hydroxyl groups is 2. The summed E-state index contributed by atoms with van der Waals surface area (Å²) in [5.41, 5.74) is 1.86. The maximum Gasteiger partial charge on any atom is 0.118 e. The number of phenolic OH excluding ortho intramolecular Hbond substituents is 2. The van der Waals surface area contributed by atoms with E-state index in [0.29, 0.717) is 5.56 Å². The first-order valence-corrected chi connectivity index (χ1v) is 5.29. The summed E-state index contributed by atoms with van der Waals surface area (Å²) >= 11 is 0. The summed E-state index contributed by atoms with van der Waals surface area (Å²) in [7, 11) is 0. The van der Waals surface area contributed by atoms with E-state index in [1.165, 1.54) is 23.8 Å². The Morgan fingerprint density at radius 2 is 1.65 bits per heavy atom. The molecule has 2 N–H and O–H groups in total. The van der Waals surface area contributed by atoms with E-state index in [9.17, 15) is 0 Å². The fraction of sp³-hybridized carbons (Fsp3) is 0.0667. The van der Waals surface area contributed by atoms with Crippen LogP contribution in [0.5, 0.6) is 11.5 Å². The lowest BCUT2D eigenvalue weighted by molar-refractivity contribution is 0.456. The minimum atomic E-state index is 0.185. The van der Waals surface area contributed by atoms with Crippen LogP contribution in [0.1, 0.15) is 11.1 Å². The van der Waals surface area contributed by atoms with Gasteiger partial charge in [0.1, 0.15) is 11.5 Å². The Hall–Kier alpha value is -2.22. The smallest absolute Gasteiger partial charge is 0.118 e. The third-order valence-corrected chi connectivity index (χ3v) is 2.22. The molecule has 88 valence electrons. The third kappa shape index (κ3) is 4.43. The molecule has 0 aliphatic carbocycles. The van der Waals surface area contributed by atoms with Crippen LogP contribution >= 0.6 is 0 Å². The van der Waals surface area contributed by atoms with Crippen molar-refractivity contribution in [2.75, 3.05) is 0 Å². The van der Waals surface area contributed by atoms with Gasteiger partial charge in [-0.1, -0.05) is 43.0 Å². The van der Waals surface area contributed by atoms with E-state index in [4.69, 9.17) is 10.2 Å². The molecule has 0 radical (unpaired) electrons. The van der Waals surface area contributed by atoms with Crippen molar-refractivity contribution in [1.29, 1.82) is 0 Å². The molecular weight excluding hydrogens is 212 g/mol. The second-order valence-electron chi connectivity index (χ2n) is 3.59. The molecule has 2 aromatic rings. The molecule has 2 heteroatoms. The molecule has 2 rings (SSSR count). The molecule has 0 saturated heterocycles. The molecule has 0 bridgehead atoms. The topological polar surface area (TPSA) is 40.5 Å². The van der Waals surface area contributed by atoms with E-state index in [1.807, 2.05) is 36.4 Å². The van der Waals surface area contributed by atoms with Crippen LogP contribution in [0.15, 0.2) is 55.1 Å². The second-order valence-corrected chi connectivity index (χ2v) is 3.59. The van der Waals surface area contributed by atoms with Gasteiger partial charge in [0.05, 0.1) is 0 Å². The van der Waals surface area contributed by atoms with Crippen molar-refractivity contribution in [3.8, 4) is 11.5 Å². The number of benzene rings is 2. The predicted molar refractivity (Wildman–Crippen MR) is 71.0 cm³/mol. The molecule has 0 atom stereocenters. The largest absolute Gasteiger partial charge is 0.508 e. The van der Waals surface area contributed by atoms with Crippen LogP contribution in [0.25, 0.3) is 6.08 Å². The lowest BCUT2D eigenvalue weighted by atomic mass is 10.2. The molecule has 2 aromatic carbocycles. The van der Waals surface area contributed by atoms with Gasteiger partial charge >= 0.3 is 0 Å². The van der Waals surface area contributed by atoms with Crippen LogP contribution < -0.4 is 0 Å². The number of phenols is 2. The Morgan fingerprint density at radius 1 is 1.00 bits per heavy atom. The van der Waals surface area contributed by atoms with Crippen molar-refractivity contribution in [1.82, 2.24) is 0 Å². The van der Waals surface area contributed by atoms with Crippen LogP contribution in [-0.4, -0.2) is 10.2 Å². The van der Waals surface area contributed by atoms with Crippen molar-refractivity contribution in [3.63, 3.8) is 0 Å². The fourth-order valence-electron chi connectivity index (χ4n) is 1.23. The first-order valence-electron chi connectivity index (χ1n) is 5.29. The van der Waals surface area contributed by atoms with Gasteiger partial charge in [-0.3, -0.25) is 0 Å². The van der Waals surface area contributed by atoms with Crippen molar-refractivity contribution in [2.24, 2.45) is 0 Å². The molecule has 0 spiro atoms.